The molecule has 5 nitrogen and oxygen atoms in total. The number of sulfonamides is 1. The minimum Gasteiger partial charge on any atom is -0.395 e. The standard InChI is InChI=1S/C9H19NO4S/c11-6-8(7-12)10-15(13,14)9-4-2-1-3-5-9/h8-12H,1-7H2. The van der Waals surface area contributed by atoms with Crippen molar-refractivity contribution in [2.45, 2.75) is 43.4 Å². The lowest BCUT2D eigenvalue weighted by molar-refractivity contribution is 0.184. The van der Waals surface area contributed by atoms with Gasteiger partial charge in [0.1, 0.15) is 0 Å². The molecule has 0 atom stereocenters. The third-order valence-electron chi connectivity index (χ3n) is 2.76. The molecule has 0 aromatic rings. The van der Waals surface area contributed by atoms with Crippen molar-refractivity contribution < 1.29 is 18.6 Å². The summed E-state index contributed by atoms with van der Waals surface area (Å²) in [5.74, 6) is 0. The molecule has 6 heteroatoms. The topological polar surface area (TPSA) is 86.6 Å². The Hall–Kier alpha value is -0.170. The van der Waals surface area contributed by atoms with Crippen molar-refractivity contribution in [1.82, 2.24) is 4.72 Å². The van der Waals surface area contributed by atoms with Crippen LogP contribution in [0.4, 0.5) is 0 Å². The molecule has 3 N–H and O–H groups in total. The Morgan fingerprint density at radius 3 is 2.13 bits per heavy atom. The van der Waals surface area contributed by atoms with Crippen LogP contribution in [0.25, 0.3) is 0 Å². The summed E-state index contributed by atoms with van der Waals surface area (Å²) < 4.78 is 25.9. The summed E-state index contributed by atoms with van der Waals surface area (Å²) in [6, 6.07) is -0.767. The van der Waals surface area contributed by atoms with Gasteiger partial charge in [-0.25, -0.2) is 13.1 Å². The Kier molecular flexibility index (Phi) is 4.98. The molecule has 0 unspecified atom stereocenters. The second kappa shape index (κ2) is 5.79. The second-order valence-electron chi connectivity index (χ2n) is 3.98. The van der Waals surface area contributed by atoms with Gasteiger partial charge >= 0.3 is 0 Å². The molecule has 1 fully saturated rings. The average Bonchev–Trinajstić information content (AvgIpc) is 2.27. The van der Waals surface area contributed by atoms with E-state index in [0.29, 0.717) is 12.8 Å². The summed E-state index contributed by atoms with van der Waals surface area (Å²) in [7, 11) is -3.38. The molecule has 0 amide bonds. The van der Waals surface area contributed by atoms with Crippen molar-refractivity contribution in [2.24, 2.45) is 0 Å². The number of rotatable bonds is 5. The van der Waals surface area contributed by atoms with Crippen molar-refractivity contribution in [3.63, 3.8) is 0 Å². The van der Waals surface area contributed by atoms with Gasteiger partial charge in [-0.05, 0) is 12.8 Å². The fourth-order valence-corrected chi connectivity index (χ4v) is 3.60. The highest BCUT2D eigenvalue weighted by molar-refractivity contribution is 7.90. The van der Waals surface area contributed by atoms with E-state index in [1.54, 1.807) is 0 Å². The molecule has 1 aliphatic rings. The molecule has 0 heterocycles. The fraction of sp³-hybridized carbons (Fsp3) is 1.00. The molecule has 15 heavy (non-hydrogen) atoms. The molecule has 1 saturated carbocycles. The first-order valence-corrected chi connectivity index (χ1v) is 6.87. The number of aliphatic hydroxyl groups is 2. The Morgan fingerprint density at radius 2 is 1.67 bits per heavy atom. The van der Waals surface area contributed by atoms with Crippen LogP contribution in [0.3, 0.4) is 0 Å². The lowest BCUT2D eigenvalue weighted by Crippen LogP contribution is -2.45. The minimum atomic E-state index is -3.38. The summed E-state index contributed by atoms with van der Waals surface area (Å²) >= 11 is 0. The summed E-state index contributed by atoms with van der Waals surface area (Å²) in [6.45, 7) is -0.745. The van der Waals surface area contributed by atoms with Gasteiger partial charge < -0.3 is 10.2 Å². The van der Waals surface area contributed by atoms with Crippen molar-refractivity contribution in [1.29, 1.82) is 0 Å². The first kappa shape index (κ1) is 12.9. The van der Waals surface area contributed by atoms with Gasteiger partial charge in [-0.2, -0.15) is 0 Å². The summed E-state index contributed by atoms with van der Waals surface area (Å²) in [4.78, 5) is 0. The smallest absolute Gasteiger partial charge is 0.214 e. The maximum absolute atomic E-state index is 11.8. The van der Waals surface area contributed by atoms with E-state index in [9.17, 15) is 8.42 Å². The highest BCUT2D eigenvalue weighted by Gasteiger charge is 2.28. The second-order valence-corrected chi connectivity index (χ2v) is 5.98. The number of aliphatic hydroxyl groups excluding tert-OH is 2. The Bertz CT molecular complexity index is 268. The van der Waals surface area contributed by atoms with Gasteiger partial charge in [-0.1, -0.05) is 19.3 Å². The molecule has 0 saturated heterocycles. The van der Waals surface area contributed by atoms with Crippen LogP contribution in [0.1, 0.15) is 32.1 Å². The molecular weight excluding hydrogens is 218 g/mol. The van der Waals surface area contributed by atoms with E-state index in [0.717, 1.165) is 19.3 Å². The quantitative estimate of drug-likeness (QED) is 0.607. The Balaban J connectivity index is 2.56. The van der Waals surface area contributed by atoms with Crippen LogP contribution < -0.4 is 4.72 Å². The zero-order valence-corrected chi connectivity index (χ0v) is 9.54. The molecule has 90 valence electrons. The SMILES string of the molecule is O=S(=O)(NC(CO)CO)C1CCCCC1. The molecule has 1 aliphatic carbocycles. The van der Waals surface area contributed by atoms with Gasteiger partial charge in [0.25, 0.3) is 0 Å². The number of nitrogens with one attached hydrogen (secondary N) is 1. The summed E-state index contributed by atoms with van der Waals surface area (Å²) in [5.41, 5.74) is 0. The Labute approximate surface area is 90.6 Å². The number of hydrogen-bond acceptors (Lipinski definition) is 4. The third-order valence-corrected chi connectivity index (χ3v) is 4.77. The van der Waals surface area contributed by atoms with Crippen molar-refractivity contribution in [2.75, 3.05) is 13.2 Å². The minimum absolute atomic E-state index is 0.355. The lowest BCUT2D eigenvalue weighted by Gasteiger charge is -2.24. The van der Waals surface area contributed by atoms with E-state index >= 15 is 0 Å². The molecule has 0 spiro atoms. The maximum atomic E-state index is 11.8. The molecule has 0 aromatic heterocycles. The summed E-state index contributed by atoms with van der Waals surface area (Å²) in [6.07, 6.45) is 4.33. The van der Waals surface area contributed by atoms with E-state index in [1.807, 2.05) is 0 Å². The normalized spacial score (nSPS) is 19.7. The highest BCUT2D eigenvalue weighted by Crippen LogP contribution is 2.23. The number of hydrogen-bond donors (Lipinski definition) is 3. The van der Waals surface area contributed by atoms with E-state index in [-0.39, 0.29) is 18.5 Å². The zero-order chi connectivity index (χ0) is 11.3. The van der Waals surface area contributed by atoms with Crippen LogP contribution >= 0.6 is 0 Å². The van der Waals surface area contributed by atoms with Gasteiger partial charge in [0.05, 0.1) is 24.5 Å². The van der Waals surface area contributed by atoms with Crippen LogP contribution in [0.5, 0.6) is 0 Å². The molecule has 0 radical (unpaired) electrons. The van der Waals surface area contributed by atoms with Gasteiger partial charge in [-0.3, -0.25) is 0 Å². The van der Waals surface area contributed by atoms with E-state index < -0.39 is 16.1 Å². The molecular formula is C9H19NO4S. The molecule has 1 rings (SSSR count). The van der Waals surface area contributed by atoms with Crippen LogP contribution in [-0.4, -0.2) is 43.1 Å². The first-order valence-electron chi connectivity index (χ1n) is 5.33. The largest absolute Gasteiger partial charge is 0.395 e. The van der Waals surface area contributed by atoms with Gasteiger partial charge in [0.2, 0.25) is 10.0 Å². The summed E-state index contributed by atoms with van der Waals surface area (Å²) in [5, 5.41) is 17.2. The monoisotopic (exact) mass is 237 g/mol. The van der Waals surface area contributed by atoms with E-state index in [1.165, 1.54) is 0 Å². The van der Waals surface area contributed by atoms with Crippen molar-refractivity contribution >= 4 is 10.0 Å². The fourth-order valence-electron chi connectivity index (χ4n) is 1.84. The molecule has 0 bridgehead atoms. The van der Waals surface area contributed by atoms with Crippen LogP contribution in [0.15, 0.2) is 0 Å². The van der Waals surface area contributed by atoms with E-state index in [4.69, 9.17) is 10.2 Å². The van der Waals surface area contributed by atoms with Gasteiger partial charge in [0, 0.05) is 0 Å². The van der Waals surface area contributed by atoms with Crippen LogP contribution in [0.2, 0.25) is 0 Å². The van der Waals surface area contributed by atoms with E-state index in [2.05, 4.69) is 4.72 Å². The van der Waals surface area contributed by atoms with Crippen molar-refractivity contribution in [3.05, 3.63) is 0 Å². The maximum Gasteiger partial charge on any atom is 0.214 e. The average molecular weight is 237 g/mol. The predicted molar refractivity (Wildman–Crippen MR) is 56.9 cm³/mol. The van der Waals surface area contributed by atoms with Crippen LogP contribution in [0, 0.1) is 0 Å². The van der Waals surface area contributed by atoms with Crippen LogP contribution in [-0.2, 0) is 10.0 Å². The van der Waals surface area contributed by atoms with Gasteiger partial charge in [0.15, 0.2) is 0 Å². The lowest BCUT2D eigenvalue weighted by atomic mass is 10.0. The molecule has 0 aliphatic heterocycles. The zero-order valence-electron chi connectivity index (χ0n) is 8.72. The first-order chi connectivity index (χ1) is 7.10. The van der Waals surface area contributed by atoms with Gasteiger partial charge in [-0.15, -0.1) is 0 Å². The van der Waals surface area contributed by atoms with Crippen molar-refractivity contribution in [3.8, 4) is 0 Å². The predicted octanol–water partition coefficient (Wildman–Crippen LogP) is -0.408. The highest BCUT2D eigenvalue weighted by atomic mass is 32.2. The third kappa shape index (κ3) is 3.71. The Morgan fingerprint density at radius 1 is 1.13 bits per heavy atom. The molecule has 0 aromatic carbocycles.